The van der Waals surface area contributed by atoms with Gasteiger partial charge < -0.3 is 19.3 Å². The van der Waals surface area contributed by atoms with E-state index in [1.54, 1.807) is 0 Å². The van der Waals surface area contributed by atoms with Gasteiger partial charge in [0.2, 0.25) is 0 Å². The molecule has 1 aliphatic rings. The molecule has 3 rings (SSSR count). The second kappa shape index (κ2) is 8.81. The number of aliphatic hydroxyl groups is 1. The van der Waals surface area contributed by atoms with Crippen molar-refractivity contribution in [2.45, 2.75) is 25.5 Å². The van der Waals surface area contributed by atoms with Crippen molar-refractivity contribution < 1.29 is 9.84 Å². The molecule has 138 valence electrons. The van der Waals surface area contributed by atoms with E-state index in [1.807, 2.05) is 0 Å². The van der Waals surface area contributed by atoms with Crippen LogP contribution in [0.25, 0.3) is 10.9 Å². The summed E-state index contributed by atoms with van der Waals surface area (Å²) in [6.45, 7) is 5.83. The van der Waals surface area contributed by atoms with E-state index in [2.05, 4.69) is 58.9 Å². The molecular weight excluding hydrogens is 314 g/mol. The number of benzene rings is 1. The van der Waals surface area contributed by atoms with Gasteiger partial charge in [-0.2, -0.15) is 0 Å². The molecule has 0 amide bonds. The summed E-state index contributed by atoms with van der Waals surface area (Å²) in [7, 11) is 4.23. The predicted molar refractivity (Wildman–Crippen MR) is 102 cm³/mol. The number of aryl methyl sites for hydroxylation is 1. The van der Waals surface area contributed by atoms with Crippen LogP contribution in [0.3, 0.4) is 0 Å². The number of nitrogens with zero attached hydrogens (tertiary/aromatic N) is 3. The van der Waals surface area contributed by atoms with E-state index in [-0.39, 0.29) is 6.10 Å². The number of aliphatic hydroxyl groups excluding tert-OH is 1. The molecule has 0 spiro atoms. The lowest BCUT2D eigenvalue weighted by Gasteiger charge is -2.28. The van der Waals surface area contributed by atoms with Gasteiger partial charge in [0.25, 0.3) is 0 Å². The maximum absolute atomic E-state index is 10.6. The molecule has 1 aromatic heterocycles. The van der Waals surface area contributed by atoms with E-state index >= 15 is 0 Å². The van der Waals surface area contributed by atoms with Crippen LogP contribution >= 0.6 is 0 Å². The summed E-state index contributed by atoms with van der Waals surface area (Å²) >= 11 is 0. The number of fused-ring (bicyclic) bond motifs is 1. The largest absolute Gasteiger partial charge is 0.390 e. The third-order valence-corrected chi connectivity index (χ3v) is 4.90. The predicted octanol–water partition coefficient (Wildman–Crippen LogP) is 1.83. The Morgan fingerprint density at radius 1 is 1.16 bits per heavy atom. The highest BCUT2D eigenvalue weighted by molar-refractivity contribution is 5.84. The van der Waals surface area contributed by atoms with Gasteiger partial charge in [-0.3, -0.25) is 4.90 Å². The Morgan fingerprint density at radius 3 is 2.68 bits per heavy atom. The number of morpholine rings is 1. The first-order chi connectivity index (χ1) is 12.1. The number of hydrogen-bond acceptors (Lipinski definition) is 4. The fourth-order valence-corrected chi connectivity index (χ4v) is 3.63. The van der Waals surface area contributed by atoms with E-state index < -0.39 is 0 Å². The summed E-state index contributed by atoms with van der Waals surface area (Å²) in [5.74, 6) is 0. The van der Waals surface area contributed by atoms with Crippen LogP contribution in [-0.2, 0) is 17.7 Å². The SMILES string of the molecule is CN(C)CCCc1cn(CC(O)CN2CCOCC2)c2ccccc12. The zero-order chi connectivity index (χ0) is 17.6. The number of ether oxygens (including phenoxy) is 1. The summed E-state index contributed by atoms with van der Waals surface area (Å²) in [6, 6.07) is 8.54. The van der Waals surface area contributed by atoms with Gasteiger partial charge in [-0.25, -0.2) is 0 Å². The van der Waals surface area contributed by atoms with Crippen molar-refractivity contribution in [2.75, 3.05) is 53.5 Å². The quantitative estimate of drug-likeness (QED) is 0.792. The van der Waals surface area contributed by atoms with Crippen LogP contribution in [0.4, 0.5) is 0 Å². The van der Waals surface area contributed by atoms with E-state index in [0.717, 1.165) is 45.7 Å². The Morgan fingerprint density at radius 2 is 1.92 bits per heavy atom. The third-order valence-electron chi connectivity index (χ3n) is 4.90. The smallest absolute Gasteiger partial charge is 0.0845 e. The van der Waals surface area contributed by atoms with Crippen LogP contribution in [0, 0.1) is 0 Å². The number of β-amino-alcohol motifs (C(OH)–C–C–N with tert-alkyl or cyclic N) is 1. The van der Waals surface area contributed by atoms with Crippen molar-refractivity contribution in [3.63, 3.8) is 0 Å². The molecule has 0 bridgehead atoms. The van der Waals surface area contributed by atoms with Crippen LogP contribution in [0.1, 0.15) is 12.0 Å². The Labute approximate surface area is 150 Å². The maximum atomic E-state index is 10.6. The molecule has 25 heavy (non-hydrogen) atoms. The highest BCUT2D eigenvalue weighted by Gasteiger charge is 2.16. The lowest BCUT2D eigenvalue weighted by atomic mass is 10.1. The number of para-hydroxylation sites is 1. The van der Waals surface area contributed by atoms with Gasteiger partial charge in [0, 0.05) is 43.3 Å². The summed E-state index contributed by atoms with van der Waals surface area (Å²) in [4.78, 5) is 4.52. The molecule has 1 saturated heterocycles. The molecule has 5 nitrogen and oxygen atoms in total. The number of rotatable bonds is 8. The van der Waals surface area contributed by atoms with E-state index in [1.165, 1.54) is 16.5 Å². The molecule has 2 aromatic rings. The lowest BCUT2D eigenvalue weighted by Crippen LogP contribution is -2.41. The van der Waals surface area contributed by atoms with Gasteiger partial charge >= 0.3 is 0 Å². The molecule has 1 aliphatic heterocycles. The fourth-order valence-electron chi connectivity index (χ4n) is 3.63. The third kappa shape index (κ3) is 5.05. The van der Waals surface area contributed by atoms with Crippen LogP contribution in [-0.4, -0.2) is 79.1 Å². The molecule has 1 atom stereocenters. The average Bonchev–Trinajstić information content (AvgIpc) is 2.93. The van der Waals surface area contributed by atoms with Gasteiger partial charge in [-0.15, -0.1) is 0 Å². The monoisotopic (exact) mass is 345 g/mol. The zero-order valence-corrected chi connectivity index (χ0v) is 15.5. The molecule has 1 unspecified atom stereocenters. The van der Waals surface area contributed by atoms with E-state index in [0.29, 0.717) is 13.1 Å². The molecule has 5 heteroatoms. The van der Waals surface area contributed by atoms with Crippen molar-refractivity contribution in [2.24, 2.45) is 0 Å². The zero-order valence-electron chi connectivity index (χ0n) is 15.5. The van der Waals surface area contributed by atoms with Crippen molar-refractivity contribution in [1.82, 2.24) is 14.4 Å². The topological polar surface area (TPSA) is 40.9 Å². The standard InChI is InChI=1S/C20H31N3O2/c1-21(2)9-5-6-17-14-23(20-8-4-3-7-19(17)20)16-18(24)15-22-10-12-25-13-11-22/h3-4,7-8,14,18,24H,5-6,9-13,15-16H2,1-2H3. The fraction of sp³-hybridized carbons (Fsp3) is 0.600. The van der Waals surface area contributed by atoms with Crippen molar-refractivity contribution >= 4 is 10.9 Å². The second-order valence-corrected chi connectivity index (χ2v) is 7.30. The van der Waals surface area contributed by atoms with Gasteiger partial charge in [-0.05, 0) is 45.1 Å². The number of hydrogen-bond donors (Lipinski definition) is 1. The van der Waals surface area contributed by atoms with Gasteiger partial charge in [-0.1, -0.05) is 18.2 Å². The Kier molecular flexibility index (Phi) is 6.48. The normalized spacial score (nSPS) is 17.4. The highest BCUT2D eigenvalue weighted by atomic mass is 16.5. The van der Waals surface area contributed by atoms with Crippen molar-refractivity contribution in [3.8, 4) is 0 Å². The molecule has 1 N–H and O–H groups in total. The molecule has 1 fully saturated rings. The molecular formula is C20H31N3O2. The van der Waals surface area contributed by atoms with Gasteiger partial charge in [0.05, 0.1) is 19.3 Å². The Hall–Kier alpha value is -1.40. The maximum Gasteiger partial charge on any atom is 0.0845 e. The van der Waals surface area contributed by atoms with Gasteiger partial charge in [0.1, 0.15) is 0 Å². The first-order valence-electron chi connectivity index (χ1n) is 9.33. The van der Waals surface area contributed by atoms with Crippen LogP contribution in [0.2, 0.25) is 0 Å². The van der Waals surface area contributed by atoms with Crippen LogP contribution < -0.4 is 0 Å². The summed E-state index contributed by atoms with van der Waals surface area (Å²) in [6.07, 6.45) is 4.11. The highest BCUT2D eigenvalue weighted by Crippen LogP contribution is 2.23. The minimum absolute atomic E-state index is 0.358. The minimum Gasteiger partial charge on any atom is -0.390 e. The molecule has 1 aromatic carbocycles. The first kappa shape index (κ1) is 18.4. The van der Waals surface area contributed by atoms with E-state index in [4.69, 9.17) is 4.74 Å². The summed E-state index contributed by atoms with van der Waals surface area (Å²) < 4.78 is 7.61. The first-order valence-corrected chi connectivity index (χ1v) is 9.33. The Bertz CT molecular complexity index is 662. The minimum atomic E-state index is -0.358. The van der Waals surface area contributed by atoms with Crippen LogP contribution in [0.5, 0.6) is 0 Å². The number of aromatic nitrogens is 1. The summed E-state index contributed by atoms with van der Waals surface area (Å²) in [5.41, 5.74) is 2.61. The van der Waals surface area contributed by atoms with Crippen molar-refractivity contribution in [1.29, 1.82) is 0 Å². The van der Waals surface area contributed by atoms with Crippen molar-refractivity contribution in [3.05, 3.63) is 36.0 Å². The lowest BCUT2D eigenvalue weighted by molar-refractivity contribution is 0.0117. The summed E-state index contributed by atoms with van der Waals surface area (Å²) in [5, 5.41) is 11.9. The van der Waals surface area contributed by atoms with E-state index in [9.17, 15) is 5.11 Å². The molecule has 0 radical (unpaired) electrons. The van der Waals surface area contributed by atoms with Crippen LogP contribution in [0.15, 0.2) is 30.5 Å². The molecule has 2 heterocycles. The molecule has 0 aliphatic carbocycles. The second-order valence-electron chi connectivity index (χ2n) is 7.30. The Balaban J connectivity index is 1.67. The average molecular weight is 345 g/mol. The van der Waals surface area contributed by atoms with Gasteiger partial charge in [0.15, 0.2) is 0 Å². The molecule has 0 saturated carbocycles.